The number of H-pyrrole nitrogens is 1. The molecule has 1 saturated carbocycles. The molecule has 1 saturated heterocycles. The zero-order chi connectivity index (χ0) is 27.1. The van der Waals surface area contributed by atoms with Crippen molar-refractivity contribution in [2.75, 3.05) is 13.1 Å². The number of carboxylic acid groups (broad SMARTS) is 1. The SMILES string of the molecule is CCCCc1nc(Cc2ccc(C(=O)O)cc2)c(/C=C2\C(=O)N(CCCC)C(=O)N2CC2CCCCC2)[nH]1. The molecule has 8 heteroatoms. The van der Waals surface area contributed by atoms with E-state index in [2.05, 4.69) is 18.8 Å². The molecule has 0 unspecified atom stereocenters. The Bertz CT molecular complexity index is 1160. The third-order valence-corrected chi connectivity index (χ3v) is 7.60. The first-order valence-corrected chi connectivity index (χ1v) is 14.2. The molecular formula is C30H40N4O4. The number of carbonyl (C=O) groups is 3. The summed E-state index contributed by atoms with van der Waals surface area (Å²) in [6.07, 6.45) is 12.6. The smallest absolute Gasteiger partial charge is 0.335 e. The van der Waals surface area contributed by atoms with Crippen molar-refractivity contribution in [3.63, 3.8) is 0 Å². The van der Waals surface area contributed by atoms with E-state index in [1.807, 2.05) is 6.08 Å². The minimum atomic E-state index is -0.960. The van der Waals surface area contributed by atoms with Crippen molar-refractivity contribution in [2.24, 2.45) is 5.92 Å². The number of imidazole rings is 1. The van der Waals surface area contributed by atoms with Gasteiger partial charge in [-0.15, -0.1) is 0 Å². The average molecular weight is 521 g/mol. The second-order valence-electron chi connectivity index (χ2n) is 10.6. The van der Waals surface area contributed by atoms with Crippen LogP contribution in [0.3, 0.4) is 0 Å². The molecule has 1 aliphatic heterocycles. The highest BCUT2D eigenvalue weighted by Gasteiger charge is 2.41. The van der Waals surface area contributed by atoms with Crippen LogP contribution >= 0.6 is 0 Å². The summed E-state index contributed by atoms with van der Waals surface area (Å²) in [6.45, 7) is 5.19. The summed E-state index contributed by atoms with van der Waals surface area (Å²) < 4.78 is 0. The number of hydrogen-bond donors (Lipinski definition) is 2. The molecule has 0 radical (unpaired) electrons. The van der Waals surface area contributed by atoms with E-state index in [-0.39, 0.29) is 17.5 Å². The molecule has 1 aromatic carbocycles. The number of aryl methyl sites for hydroxylation is 1. The van der Waals surface area contributed by atoms with E-state index in [9.17, 15) is 19.5 Å². The number of nitrogens with one attached hydrogen (secondary N) is 1. The number of hydrogen-bond acceptors (Lipinski definition) is 4. The van der Waals surface area contributed by atoms with Gasteiger partial charge in [0.1, 0.15) is 11.5 Å². The van der Waals surface area contributed by atoms with Crippen LogP contribution in [0.2, 0.25) is 0 Å². The number of amides is 3. The lowest BCUT2D eigenvalue weighted by Gasteiger charge is -2.26. The predicted octanol–water partition coefficient (Wildman–Crippen LogP) is 6.03. The number of imide groups is 1. The standard InChI is InChI=1S/C30H40N4O4/c1-3-5-12-27-31-24(18-21-13-15-23(16-14-21)29(36)37)25(32-27)19-26-28(35)33(17-6-4-2)30(38)34(26)20-22-10-8-7-9-11-22/h13-16,19,22H,3-12,17-18,20H2,1-2H3,(H,31,32)(H,36,37)/b26-19+. The number of carboxylic acids is 1. The summed E-state index contributed by atoms with van der Waals surface area (Å²) in [5, 5.41) is 9.23. The number of unbranched alkanes of at least 4 members (excludes halogenated alkanes) is 2. The van der Waals surface area contributed by atoms with Gasteiger partial charge in [0, 0.05) is 25.9 Å². The fraction of sp³-hybridized carbons (Fsp3) is 0.533. The van der Waals surface area contributed by atoms with Gasteiger partial charge in [-0.3, -0.25) is 14.6 Å². The largest absolute Gasteiger partial charge is 0.478 e. The number of aromatic amines is 1. The van der Waals surface area contributed by atoms with Crippen LogP contribution in [0.5, 0.6) is 0 Å². The first-order valence-electron chi connectivity index (χ1n) is 14.2. The third kappa shape index (κ3) is 6.52. The highest BCUT2D eigenvalue weighted by molar-refractivity contribution is 6.13. The van der Waals surface area contributed by atoms with Crippen LogP contribution in [0.25, 0.3) is 6.08 Å². The summed E-state index contributed by atoms with van der Waals surface area (Å²) in [5.41, 5.74) is 3.12. The van der Waals surface area contributed by atoms with E-state index < -0.39 is 5.97 Å². The summed E-state index contributed by atoms with van der Waals surface area (Å²) >= 11 is 0. The van der Waals surface area contributed by atoms with Crippen LogP contribution in [0.4, 0.5) is 4.79 Å². The number of rotatable bonds is 12. The second kappa shape index (κ2) is 12.9. The number of carbonyl (C=O) groups excluding carboxylic acids is 2. The van der Waals surface area contributed by atoms with Gasteiger partial charge in [-0.05, 0) is 55.4 Å². The Balaban J connectivity index is 1.67. The number of aromatic nitrogens is 2. The molecule has 2 heterocycles. The van der Waals surface area contributed by atoms with Crippen LogP contribution in [-0.2, 0) is 17.6 Å². The van der Waals surface area contributed by atoms with Gasteiger partial charge in [-0.1, -0.05) is 58.1 Å². The molecule has 0 bridgehead atoms. The molecule has 204 valence electrons. The Kier molecular flexibility index (Phi) is 9.37. The number of aromatic carboxylic acids is 1. The van der Waals surface area contributed by atoms with Gasteiger partial charge < -0.3 is 10.1 Å². The minimum absolute atomic E-state index is 0.211. The van der Waals surface area contributed by atoms with Crippen LogP contribution in [0.1, 0.15) is 105 Å². The van der Waals surface area contributed by atoms with E-state index in [1.165, 1.54) is 24.2 Å². The molecule has 2 aliphatic rings. The lowest BCUT2D eigenvalue weighted by atomic mass is 9.89. The fourth-order valence-corrected chi connectivity index (χ4v) is 5.34. The average Bonchev–Trinajstić information content (AvgIpc) is 3.40. The Morgan fingerprint density at radius 2 is 1.76 bits per heavy atom. The quantitative estimate of drug-likeness (QED) is 0.263. The molecule has 1 aromatic heterocycles. The van der Waals surface area contributed by atoms with Gasteiger partial charge >= 0.3 is 12.0 Å². The van der Waals surface area contributed by atoms with Crippen LogP contribution in [0.15, 0.2) is 30.0 Å². The monoisotopic (exact) mass is 520 g/mol. The van der Waals surface area contributed by atoms with Crippen LogP contribution < -0.4 is 0 Å². The summed E-state index contributed by atoms with van der Waals surface area (Å²) in [4.78, 5) is 49.6. The number of benzene rings is 1. The Hall–Kier alpha value is -3.42. The number of urea groups is 1. The van der Waals surface area contributed by atoms with Crippen molar-refractivity contribution in [1.29, 1.82) is 0 Å². The Labute approximate surface area is 225 Å². The van der Waals surface area contributed by atoms with Crippen molar-refractivity contribution in [2.45, 2.75) is 84.5 Å². The Morgan fingerprint density at radius 3 is 2.42 bits per heavy atom. The van der Waals surface area contributed by atoms with Crippen molar-refractivity contribution >= 4 is 24.0 Å². The topological polar surface area (TPSA) is 107 Å². The van der Waals surface area contributed by atoms with Crippen molar-refractivity contribution in [1.82, 2.24) is 19.8 Å². The van der Waals surface area contributed by atoms with Crippen molar-refractivity contribution in [3.05, 3.63) is 58.3 Å². The summed E-state index contributed by atoms with van der Waals surface area (Å²) in [5.74, 6) is 0.0674. The zero-order valence-corrected chi connectivity index (χ0v) is 22.7. The third-order valence-electron chi connectivity index (χ3n) is 7.60. The first kappa shape index (κ1) is 27.6. The van der Waals surface area contributed by atoms with Gasteiger partial charge in [-0.2, -0.15) is 0 Å². The van der Waals surface area contributed by atoms with Gasteiger partial charge in [0.05, 0.1) is 17.0 Å². The van der Waals surface area contributed by atoms with Gasteiger partial charge in [0.15, 0.2) is 0 Å². The maximum Gasteiger partial charge on any atom is 0.335 e. The molecule has 4 rings (SSSR count). The highest BCUT2D eigenvalue weighted by atomic mass is 16.4. The number of nitrogens with zero attached hydrogens (tertiary/aromatic N) is 3. The zero-order valence-electron chi connectivity index (χ0n) is 22.7. The molecule has 38 heavy (non-hydrogen) atoms. The van der Waals surface area contributed by atoms with E-state index in [1.54, 1.807) is 29.2 Å². The highest BCUT2D eigenvalue weighted by Crippen LogP contribution is 2.31. The van der Waals surface area contributed by atoms with Crippen LogP contribution in [0, 0.1) is 5.92 Å². The van der Waals surface area contributed by atoms with Gasteiger partial charge in [0.2, 0.25) is 0 Å². The molecule has 8 nitrogen and oxygen atoms in total. The molecule has 3 amide bonds. The minimum Gasteiger partial charge on any atom is -0.478 e. The van der Waals surface area contributed by atoms with Crippen molar-refractivity contribution in [3.8, 4) is 0 Å². The summed E-state index contributed by atoms with van der Waals surface area (Å²) in [7, 11) is 0. The fourth-order valence-electron chi connectivity index (χ4n) is 5.34. The molecule has 2 aromatic rings. The molecule has 2 N–H and O–H groups in total. The summed E-state index contributed by atoms with van der Waals surface area (Å²) in [6, 6.07) is 6.57. The normalized spacial score (nSPS) is 17.7. The maximum atomic E-state index is 13.5. The first-order chi connectivity index (χ1) is 18.4. The molecule has 0 atom stereocenters. The van der Waals surface area contributed by atoms with E-state index in [0.717, 1.165) is 67.7 Å². The van der Waals surface area contributed by atoms with Gasteiger partial charge in [-0.25, -0.2) is 14.6 Å². The maximum absolute atomic E-state index is 13.5. The van der Waals surface area contributed by atoms with E-state index >= 15 is 0 Å². The Morgan fingerprint density at radius 1 is 1.05 bits per heavy atom. The lowest BCUT2D eigenvalue weighted by molar-refractivity contribution is -0.123. The molecular weight excluding hydrogens is 480 g/mol. The second-order valence-corrected chi connectivity index (χ2v) is 10.6. The predicted molar refractivity (Wildman–Crippen MR) is 147 cm³/mol. The van der Waals surface area contributed by atoms with Crippen LogP contribution in [-0.4, -0.2) is 55.9 Å². The molecule has 1 aliphatic carbocycles. The van der Waals surface area contributed by atoms with Crippen molar-refractivity contribution < 1.29 is 19.5 Å². The van der Waals surface area contributed by atoms with Gasteiger partial charge in [0.25, 0.3) is 5.91 Å². The van der Waals surface area contributed by atoms with E-state index in [0.29, 0.717) is 31.1 Å². The molecule has 2 fully saturated rings. The van der Waals surface area contributed by atoms with E-state index in [4.69, 9.17) is 4.98 Å². The lowest BCUT2D eigenvalue weighted by Crippen LogP contribution is -2.36. The molecule has 0 spiro atoms.